The molecule has 0 spiro atoms. The molecule has 4 heterocycles. The van der Waals surface area contributed by atoms with Crippen LogP contribution in [0.1, 0.15) is 47.7 Å². The number of hydrogen-bond donors (Lipinski definition) is 1. The van der Waals surface area contributed by atoms with Gasteiger partial charge >= 0.3 is 0 Å². The number of benzene rings is 3. The molecule has 1 aromatic heterocycles. The molecule has 6 nitrogen and oxygen atoms in total. The molecule has 44 heavy (non-hydrogen) atoms. The van der Waals surface area contributed by atoms with E-state index < -0.39 is 0 Å². The molecule has 3 aliphatic heterocycles. The summed E-state index contributed by atoms with van der Waals surface area (Å²) in [5.74, 6) is 0.375. The minimum atomic E-state index is -0.246. The second-order valence-corrected chi connectivity index (χ2v) is 12.7. The number of piperidine rings is 2. The summed E-state index contributed by atoms with van der Waals surface area (Å²) in [6, 6.07) is 19.0. The molecule has 2 bridgehead atoms. The van der Waals surface area contributed by atoms with Gasteiger partial charge in [0.1, 0.15) is 18.2 Å². The summed E-state index contributed by atoms with van der Waals surface area (Å²) >= 11 is 12.2. The van der Waals surface area contributed by atoms with Crippen LogP contribution in [0.4, 0.5) is 4.39 Å². The molecule has 9 heteroatoms. The highest BCUT2D eigenvalue weighted by atomic mass is 35.5. The molecule has 0 radical (unpaired) electrons. The zero-order valence-electron chi connectivity index (χ0n) is 25.1. The second kappa shape index (κ2) is 13.9. The van der Waals surface area contributed by atoms with Gasteiger partial charge in [0.25, 0.3) is 5.91 Å². The lowest BCUT2D eigenvalue weighted by molar-refractivity contribution is -0.0259. The first-order valence-electron chi connectivity index (χ1n) is 15.6. The van der Waals surface area contributed by atoms with E-state index in [2.05, 4.69) is 38.7 Å². The zero-order chi connectivity index (χ0) is 30.6. The Hall–Kier alpha value is -3.10. The molecule has 4 aromatic rings. The predicted molar refractivity (Wildman–Crippen MR) is 175 cm³/mol. The number of aromatic nitrogens is 1. The lowest BCUT2D eigenvalue weighted by Crippen LogP contribution is -2.63. The molecule has 1 amide bonds. The normalized spacial score (nSPS) is 18.6. The van der Waals surface area contributed by atoms with Crippen LogP contribution in [-0.4, -0.2) is 65.1 Å². The van der Waals surface area contributed by atoms with Gasteiger partial charge in [0.05, 0.1) is 21.1 Å². The molecule has 3 aromatic carbocycles. The molecule has 2 atom stereocenters. The van der Waals surface area contributed by atoms with E-state index in [0.29, 0.717) is 46.6 Å². The van der Waals surface area contributed by atoms with Crippen molar-refractivity contribution in [3.05, 3.63) is 99.4 Å². The Morgan fingerprint density at radius 2 is 1.70 bits per heavy atom. The van der Waals surface area contributed by atoms with Crippen LogP contribution in [0.15, 0.2) is 66.9 Å². The van der Waals surface area contributed by atoms with Crippen LogP contribution in [0.5, 0.6) is 5.75 Å². The Labute approximate surface area is 268 Å². The number of hydrogen-bond acceptors (Lipinski definition) is 4. The molecular formula is C35H39Cl2FN4O2. The van der Waals surface area contributed by atoms with Crippen molar-refractivity contribution in [2.24, 2.45) is 0 Å². The van der Waals surface area contributed by atoms with Gasteiger partial charge in [0.15, 0.2) is 0 Å². The van der Waals surface area contributed by atoms with Crippen LogP contribution in [0.2, 0.25) is 10.0 Å². The Bertz CT molecular complexity index is 1610. The first kappa shape index (κ1) is 30.9. The van der Waals surface area contributed by atoms with E-state index in [1.807, 2.05) is 18.3 Å². The Morgan fingerprint density at radius 3 is 2.41 bits per heavy atom. The van der Waals surface area contributed by atoms with Gasteiger partial charge in [-0.2, -0.15) is 0 Å². The number of carbonyl (C=O) groups is 1. The molecule has 0 aliphatic carbocycles. The van der Waals surface area contributed by atoms with Crippen LogP contribution in [-0.2, 0) is 19.5 Å². The van der Waals surface area contributed by atoms with Crippen molar-refractivity contribution in [2.75, 3.05) is 32.8 Å². The third-order valence-electron chi connectivity index (χ3n) is 9.11. The third-order valence-corrected chi connectivity index (χ3v) is 9.85. The number of carbonyl (C=O) groups excluding carboxylic acids is 1. The van der Waals surface area contributed by atoms with Crippen LogP contribution in [0.25, 0.3) is 10.9 Å². The summed E-state index contributed by atoms with van der Waals surface area (Å²) in [6.07, 6.45) is 6.40. The summed E-state index contributed by atoms with van der Waals surface area (Å²) in [7, 11) is 0. The van der Waals surface area contributed by atoms with Gasteiger partial charge in [0.2, 0.25) is 0 Å². The molecule has 1 N–H and O–H groups in total. The van der Waals surface area contributed by atoms with E-state index in [4.69, 9.17) is 27.9 Å². The fraction of sp³-hybridized carbons (Fsp3) is 0.400. The fourth-order valence-corrected chi connectivity index (χ4v) is 7.13. The number of halogens is 3. The number of para-hydroxylation sites is 1. The van der Waals surface area contributed by atoms with Crippen molar-refractivity contribution in [1.82, 2.24) is 19.7 Å². The van der Waals surface area contributed by atoms with E-state index in [1.54, 1.807) is 24.3 Å². The predicted octanol–water partition coefficient (Wildman–Crippen LogP) is 7.20. The van der Waals surface area contributed by atoms with E-state index in [0.717, 1.165) is 62.0 Å². The highest BCUT2D eigenvalue weighted by Crippen LogP contribution is 2.30. The summed E-state index contributed by atoms with van der Waals surface area (Å²) in [6.45, 7) is 8.07. The van der Waals surface area contributed by atoms with Gasteiger partial charge in [-0.15, -0.1) is 0 Å². The van der Waals surface area contributed by atoms with Crippen molar-refractivity contribution >= 4 is 40.0 Å². The minimum Gasteiger partial charge on any atom is -0.492 e. The topological polar surface area (TPSA) is 49.7 Å². The molecule has 0 unspecified atom stereocenters. The van der Waals surface area contributed by atoms with E-state index in [9.17, 15) is 9.18 Å². The largest absolute Gasteiger partial charge is 0.492 e. The van der Waals surface area contributed by atoms with Crippen LogP contribution in [0.3, 0.4) is 0 Å². The highest BCUT2D eigenvalue weighted by Gasteiger charge is 2.38. The van der Waals surface area contributed by atoms with Crippen molar-refractivity contribution in [3.8, 4) is 5.75 Å². The molecule has 3 fully saturated rings. The maximum atomic E-state index is 13.4. The molecule has 3 aliphatic rings. The average molecular weight is 638 g/mol. The van der Waals surface area contributed by atoms with Crippen molar-refractivity contribution < 1.29 is 13.9 Å². The zero-order valence-corrected chi connectivity index (χ0v) is 26.6. The van der Waals surface area contributed by atoms with E-state index in [-0.39, 0.29) is 11.7 Å². The summed E-state index contributed by atoms with van der Waals surface area (Å²) < 4.78 is 21.3. The number of aryl methyl sites for hydroxylation is 2. The summed E-state index contributed by atoms with van der Waals surface area (Å²) in [4.78, 5) is 18.6. The first-order chi connectivity index (χ1) is 21.4. The van der Waals surface area contributed by atoms with Crippen LogP contribution >= 0.6 is 23.2 Å². The maximum Gasteiger partial charge on any atom is 0.253 e. The number of rotatable bonds is 12. The fourth-order valence-electron chi connectivity index (χ4n) is 6.81. The van der Waals surface area contributed by atoms with Gasteiger partial charge in [-0.3, -0.25) is 14.6 Å². The van der Waals surface area contributed by atoms with Crippen molar-refractivity contribution in [2.45, 2.75) is 57.8 Å². The molecule has 0 saturated carbocycles. The molecule has 3 saturated heterocycles. The SMILES string of the molecule is CCc1cccc2c(C(=O)NCc3ccc(Cl)c(Cl)c3)cn(CCCN3C[C@H]4CC[C@@H]3CN4CCOc3ccc(F)cc3)c12. The quantitative estimate of drug-likeness (QED) is 0.179. The van der Waals surface area contributed by atoms with Crippen LogP contribution < -0.4 is 10.1 Å². The maximum absolute atomic E-state index is 13.4. The first-order valence-corrected chi connectivity index (χ1v) is 16.3. The standard InChI is InChI=1S/C35H39Cl2FN4O2/c1-2-25-5-3-6-30-31(35(43)39-20-24-7-14-32(36)33(37)19-24)23-42(34(25)30)16-4-15-40-21-28-11-10-27(40)22-41(28)17-18-44-29-12-8-26(38)9-13-29/h3,5-9,12-14,19,23,27-28H,2,4,10-11,15-18,20-22H2,1H3,(H,39,43)/t27-,28-/m1/s1. The van der Waals surface area contributed by atoms with Gasteiger partial charge in [-0.05, 0) is 73.2 Å². The smallest absolute Gasteiger partial charge is 0.253 e. The lowest BCUT2D eigenvalue weighted by Gasteiger charge is -2.51. The van der Waals surface area contributed by atoms with Crippen LogP contribution in [0, 0.1) is 5.82 Å². The Balaban J connectivity index is 1.05. The molecular weight excluding hydrogens is 598 g/mol. The van der Waals surface area contributed by atoms with Gasteiger partial charge in [0, 0.05) is 62.9 Å². The van der Waals surface area contributed by atoms with Gasteiger partial charge in [-0.1, -0.05) is 54.4 Å². The number of amides is 1. The Kier molecular flexibility index (Phi) is 9.77. The third kappa shape index (κ3) is 6.91. The number of nitrogens with zero attached hydrogens (tertiary/aromatic N) is 3. The number of piperazine rings is 1. The van der Waals surface area contributed by atoms with Crippen molar-refractivity contribution in [3.63, 3.8) is 0 Å². The second-order valence-electron chi connectivity index (χ2n) is 11.9. The summed E-state index contributed by atoms with van der Waals surface area (Å²) in [5, 5.41) is 5.04. The number of ether oxygens (including phenoxy) is 1. The summed E-state index contributed by atoms with van der Waals surface area (Å²) in [5.41, 5.74) is 4.01. The van der Waals surface area contributed by atoms with Gasteiger partial charge < -0.3 is 14.6 Å². The minimum absolute atomic E-state index is 0.0927. The molecule has 232 valence electrons. The molecule has 7 rings (SSSR count). The monoisotopic (exact) mass is 636 g/mol. The lowest BCUT2D eigenvalue weighted by atomic mass is 9.90. The van der Waals surface area contributed by atoms with E-state index in [1.165, 1.54) is 30.5 Å². The highest BCUT2D eigenvalue weighted by molar-refractivity contribution is 6.42. The number of nitrogens with one attached hydrogen (secondary N) is 1. The van der Waals surface area contributed by atoms with E-state index >= 15 is 0 Å². The average Bonchev–Trinajstić information content (AvgIpc) is 3.42. The Morgan fingerprint density at radius 1 is 0.955 bits per heavy atom. The van der Waals surface area contributed by atoms with Gasteiger partial charge in [-0.25, -0.2) is 4.39 Å². The van der Waals surface area contributed by atoms with Crippen molar-refractivity contribution in [1.29, 1.82) is 0 Å². The number of fused-ring (bicyclic) bond motifs is 4.